The minimum absolute atomic E-state index is 0.0479. The van der Waals surface area contributed by atoms with Crippen LogP contribution in [0.3, 0.4) is 0 Å². The number of nitrogens with two attached hydrogens (primary N) is 1. The van der Waals surface area contributed by atoms with Crippen LogP contribution in [-0.2, 0) is 12.8 Å². The lowest BCUT2D eigenvalue weighted by molar-refractivity contribution is 0.101. The Morgan fingerprint density at radius 2 is 1.80 bits per heavy atom. The number of hydrogen-bond acceptors (Lipinski definition) is 4. The molecule has 2 rings (SSSR count). The van der Waals surface area contributed by atoms with Crippen LogP contribution in [0, 0.1) is 0 Å². The van der Waals surface area contributed by atoms with Crippen molar-refractivity contribution in [3.05, 3.63) is 64.7 Å². The molecule has 0 aromatic heterocycles. The molecule has 2 aromatic carbocycles. The van der Waals surface area contributed by atoms with Gasteiger partial charge in [0.25, 0.3) is 0 Å². The Balaban J connectivity index is 2.04. The first-order valence-corrected chi connectivity index (χ1v) is 8.45. The van der Waals surface area contributed by atoms with Crippen molar-refractivity contribution in [2.75, 3.05) is 6.54 Å². The minimum Gasteiger partial charge on any atom is -0.330 e. The summed E-state index contributed by atoms with van der Waals surface area (Å²) in [6.07, 6.45) is 3.21. The van der Waals surface area contributed by atoms with Crippen molar-refractivity contribution in [2.24, 2.45) is 10.7 Å². The molecule has 0 saturated carbocycles. The molecule has 0 atom stereocenters. The highest BCUT2D eigenvalue weighted by Gasteiger charge is 2.05. The quantitative estimate of drug-likeness (QED) is 0.451. The molecule has 0 spiro atoms. The van der Waals surface area contributed by atoms with E-state index >= 15 is 0 Å². The summed E-state index contributed by atoms with van der Waals surface area (Å²) in [5.41, 5.74) is 10.9. The number of carbonyl (C=O) groups excluding carboxylic acids is 2. The van der Waals surface area contributed by atoms with Crippen molar-refractivity contribution in [2.45, 2.75) is 33.1 Å². The van der Waals surface area contributed by atoms with Crippen molar-refractivity contribution in [3.8, 4) is 0 Å². The van der Waals surface area contributed by atoms with E-state index in [4.69, 9.17) is 5.73 Å². The topological polar surface area (TPSA) is 72.5 Å². The predicted molar refractivity (Wildman–Crippen MR) is 102 cm³/mol. The molecule has 0 bridgehead atoms. The number of nitrogens with zero attached hydrogens (tertiary/aromatic N) is 1. The zero-order valence-corrected chi connectivity index (χ0v) is 14.8. The number of carbonyl (C=O) groups is 2. The zero-order chi connectivity index (χ0) is 18.2. The number of rotatable bonds is 8. The average Bonchev–Trinajstić information content (AvgIpc) is 2.61. The molecule has 0 heterocycles. The molecular formula is C21H24N2O2. The second-order valence-electron chi connectivity index (χ2n) is 6.14. The number of benzene rings is 2. The third kappa shape index (κ3) is 5.47. The largest absolute Gasteiger partial charge is 0.330 e. The molecule has 2 N–H and O–H groups in total. The van der Waals surface area contributed by atoms with Gasteiger partial charge in [0.2, 0.25) is 0 Å². The minimum atomic E-state index is 0.0479. The van der Waals surface area contributed by atoms with E-state index in [2.05, 4.69) is 4.99 Å². The Kier molecular flexibility index (Phi) is 6.78. The van der Waals surface area contributed by atoms with E-state index in [1.807, 2.05) is 37.3 Å². The van der Waals surface area contributed by atoms with Gasteiger partial charge >= 0.3 is 0 Å². The van der Waals surface area contributed by atoms with Gasteiger partial charge in [0.05, 0.1) is 5.69 Å². The fourth-order valence-corrected chi connectivity index (χ4v) is 2.67. The van der Waals surface area contributed by atoms with Crippen LogP contribution < -0.4 is 5.73 Å². The summed E-state index contributed by atoms with van der Waals surface area (Å²) in [4.78, 5) is 27.2. The predicted octanol–water partition coefficient (Wildman–Crippen LogP) is 3.93. The van der Waals surface area contributed by atoms with Crippen LogP contribution in [0.4, 0.5) is 5.69 Å². The number of aldehydes is 1. The van der Waals surface area contributed by atoms with Gasteiger partial charge in [-0.15, -0.1) is 0 Å². The lowest BCUT2D eigenvalue weighted by atomic mass is 9.98. The van der Waals surface area contributed by atoms with Gasteiger partial charge in [0.15, 0.2) is 5.78 Å². The molecule has 2 aromatic rings. The molecule has 0 unspecified atom stereocenters. The van der Waals surface area contributed by atoms with Crippen molar-refractivity contribution in [3.63, 3.8) is 0 Å². The van der Waals surface area contributed by atoms with Gasteiger partial charge in [-0.2, -0.15) is 0 Å². The second-order valence-corrected chi connectivity index (χ2v) is 6.14. The highest BCUT2D eigenvalue weighted by Crippen LogP contribution is 2.17. The summed E-state index contributed by atoms with van der Waals surface area (Å²) >= 11 is 0. The van der Waals surface area contributed by atoms with Crippen molar-refractivity contribution < 1.29 is 9.59 Å². The van der Waals surface area contributed by atoms with Gasteiger partial charge in [-0.05, 0) is 81.1 Å². The second kappa shape index (κ2) is 9.04. The summed E-state index contributed by atoms with van der Waals surface area (Å²) < 4.78 is 0. The van der Waals surface area contributed by atoms with E-state index in [0.29, 0.717) is 12.1 Å². The Morgan fingerprint density at radius 3 is 2.40 bits per heavy atom. The van der Waals surface area contributed by atoms with Gasteiger partial charge in [-0.3, -0.25) is 14.6 Å². The van der Waals surface area contributed by atoms with Crippen molar-refractivity contribution >= 4 is 23.5 Å². The van der Waals surface area contributed by atoms with Crippen LogP contribution in [0.2, 0.25) is 0 Å². The summed E-state index contributed by atoms with van der Waals surface area (Å²) in [7, 11) is 0. The number of aliphatic imine (C=N–C) groups is 1. The van der Waals surface area contributed by atoms with Gasteiger partial charge in [-0.1, -0.05) is 12.1 Å². The van der Waals surface area contributed by atoms with Crippen LogP contribution in [0.15, 0.2) is 47.5 Å². The Morgan fingerprint density at radius 1 is 1.08 bits per heavy atom. The zero-order valence-electron chi connectivity index (χ0n) is 14.8. The monoisotopic (exact) mass is 336 g/mol. The highest BCUT2D eigenvalue weighted by molar-refractivity contribution is 5.94. The summed E-state index contributed by atoms with van der Waals surface area (Å²) in [5, 5.41) is 0. The van der Waals surface area contributed by atoms with Gasteiger partial charge < -0.3 is 5.73 Å². The lowest BCUT2D eigenvalue weighted by Crippen LogP contribution is -2.04. The van der Waals surface area contributed by atoms with Crippen molar-refractivity contribution in [1.29, 1.82) is 0 Å². The first-order chi connectivity index (χ1) is 12.0. The first-order valence-electron chi connectivity index (χ1n) is 8.45. The molecule has 0 aliphatic carbocycles. The summed E-state index contributed by atoms with van der Waals surface area (Å²) in [6, 6.07) is 13.2. The Labute approximate surface area is 148 Å². The molecular weight excluding hydrogens is 312 g/mol. The van der Waals surface area contributed by atoms with Crippen molar-refractivity contribution in [1.82, 2.24) is 0 Å². The highest BCUT2D eigenvalue weighted by atomic mass is 16.1. The molecule has 4 heteroatoms. The van der Waals surface area contributed by atoms with E-state index in [0.717, 1.165) is 53.6 Å². The van der Waals surface area contributed by atoms with E-state index in [1.54, 1.807) is 19.1 Å². The lowest BCUT2D eigenvalue weighted by Gasteiger charge is -2.08. The SMILES string of the molecule is CC(=O)c1ccc(N=C(C)CCc2ccc(CCN)cc2C=O)cc1. The van der Waals surface area contributed by atoms with Gasteiger partial charge in [-0.25, -0.2) is 0 Å². The fraction of sp³-hybridized carbons (Fsp3) is 0.286. The summed E-state index contributed by atoms with van der Waals surface area (Å²) in [5.74, 6) is 0.0479. The maximum absolute atomic E-state index is 11.3. The third-order valence-electron chi connectivity index (χ3n) is 4.12. The molecule has 25 heavy (non-hydrogen) atoms. The average molecular weight is 336 g/mol. The van der Waals surface area contributed by atoms with Gasteiger partial charge in [0, 0.05) is 16.8 Å². The smallest absolute Gasteiger partial charge is 0.159 e. The number of ketones is 1. The Hall–Kier alpha value is -2.59. The Bertz CT molecular complexity index is 777. The number of aryl methyl sites for hydroxylation is 1. The van der Waals surface area contributed by atoms with E-state index in [1.165, 1.54) is 0 Å². The van der Waals surface area contributed by atoms with Crippen LogP contribution in [0.1, 0.15) is 52.1 Å². The molecule has 0 fully saturated rings. The molecule has 130 valence electrons. The molecule has 4 nitrogen and oxygen atoms in total. The van der Waals surface area contributed by atoms with E-state index in [9.17, 15) is 9.59 Å². The fourth-order valence-electron chi connectivity index (χ4n) is 2.67. The van der Waals surface area contributed by atoms with Crippen LogP contribution in [0.25, 0.3) is 0 Å². The van der Waals surface area contributed by atoms with Crippen LogP contribution in [0.5, 0.6) is 0 Å². The van der Waals surface area contributed by atoms with Crippen LogP contribution in [-0.4, -0.2) is 24.3 Å². The maximum Gasteiger partial charge on any atom is 0.159 e. The maximum atomic E-state index is 11.3. The van der Waals surface area contributed by atoms with E-state index in [-0.39, 0.29) is 5.78 Å². The van der Waals surface area contributed by atoms with Gasteiger partial charge in [0.1, 0.15) is 6.29 Å². The standard InChI is InChI=1S/C21H24N2O2/c1-15(23-21-9-7-18(8-10-21)16(2)25)3-5-19-6-4-17(11-12-22)13-20(19)14-24/h4,6-10,13-14H,3,5,11-12,22H2,1-2H3. The van der Waals surface area contributed by atoms with E-state index < -0.39 is 0 Å². The molecule has 0 aliphatic rings. The molecule has 0 saturated heterocycles. The first kappa shape index (κ1) is 18.7. The number of hydrogen-bond donors (Lipinski definition) is 1. The number of Topliss-reactive ketones (excluding diaryl/α,β-unsaturated/α-hetero) is 1. The molecule has 0 amide bonds. The van der Waals surface area contributed by atoms with Crippen LogP contribution >= 0.6 is 0 Å². The molecule has 0 radical (unpaired) electrons. The summed E-state index contributed by atoms with van der Waals surface area (Å²) in [6.45, 7) is 4.10. The third-order valence-corrected chi connectivity index (χ3v) is 4.12. The normalized spacial score (nSPS) is 11.4. The molecule has 0 aliphatic heterocycles.